The molecule has 1 aromatic rings. The molecule has 1 aliphatic rings. The Hall–Kier alpha value is -1.73. The van der Waals surface area contributed by atoms with Gasteiger partial charge in [0.05, 0.1) is 16.0 Å². The number of benzene rings is 1. The van der Waals surface area contributed by atoms with Gasteiger partial charge in [0.2, 0.25) is 5.91 Å². The molecular formula is C11H10ClFN2O4. The number of aliphatic hydroxyl groups is 1. The maximum Gasteiger partial charge on any atom is 0.295 e. The van der Waals surface area contributed by atoms with Crippen LogP contribution >= 0.6 is 11.6 Å². The first-order valence-electron chi connectivity index (χ1n) is 5.48. The molecule has 1 fully saturated rings. The van der Waals surface area contributed by atoms with Gasteiger partial charge in [0.15, 0.2) is 0 Å². The molecule has 1 atom stereocenters. The minimum atomic E-state index is -0.914. The molecular weight excluding hydrogens is 279 g/mol. The quantitative estimate of drug-likeness (QED) is 0.678. The first-order chi connectivity index (χ1) is 8.93. The molecule has 19 heavy (non-hydrogen) atoms. The predicted octanol–water partition coefficient (Wildman–Crippen LogP) is 1.73. The first kappa shape index (κ1) is 13.7. The number of nitrogens with zero attached hydrogens (tertiary/aromatic N) is 2. The summed E-state index contributed by atoms with van der Waals surface area (Å²) in [5, 5.41) is 19.6. The Morgan fingerprint density at radius 1 is 1.58 bits per heavy atom. The van der Waals surface area contributed by atoms with Crippen molar-refractivity contribution in [1.29, 1.82) is 0 Å². The zero-order valence-corrected chi connectivity index (χ0v) is 10.4. The molecule has 8 heteroatoms. The summed E-state index contributed by atoms with van der Waals surface area (Å²) >= 11 is 5.60. The van der Waals surface area contributed by atoms with Gasteiger partial charge in [-0.25, -0.2) is 4.39 Å². The van der Waals surface area contributed by atoms with Crippen LogP contribution in [0.3, 0.4) is 0 Å². The van der Waals surface area contributed by atoms with Crippen LogP contribution in [0.5, 0.6) is 0 Å². The standard InChI is InChI=1S/C11H10ClFN2O4/c12-7-2-9(10(15(18)19)3-8(7)13)14-4-6(5-16)1-11(14)17/h2-3,6,16H,1,4-5H2. The number of hydrogen-bond acceptors (Lipinski definition) is 4. The molecule has 0 bridgehead atoms. The average molecular weight is 289 g/mol. The normalized spacial score (nSPS) is 19.0. The molecule has 0 radical (unpaired) electrons. The van der Waals surface area contributed by atoms with Crippen LogP contribution in [0.2, 0.25) is 5.02 Å². The molecule has 1 heterocycles. The van der Waals surface area contributed by atoms with E-state index in [0.717, 1.165) is 11.0 Å². The van der Waals surface area contributed by atoms with Crippen LogP contribution in [0.25, 0.3) is 0 Å². The average Bonchev–Trinajstić information content (AvgIpc) is 2.73. The van der Waals surface area contributed by atoms with E-state index < -0.39 is 16.4 Å². The van der Waals surface area contributed by atoms with Crippen LogP contribution in [-0.4, -0.2) is 29.1 Å². The molecule has 1 N–H and O–H groups in total. The second-order valence-electron chi connectivity index (χ2n) is 4.27. The van der Waals surface area contributed by atoms with E-state index in [0.29, 0.717) is 6.07 Å². The van der Waals surface area contributed by atoms with Crippen molar-refractivity contribution in [2.45, 2.75) is 6.42 Å². The number of carbonyl (C=O) groups excluding carboxylic acids is 1. The van der Waals surface area contributed by atoms with Crippen LogP contribution in [0, 0.1) is 21.8 Å². The largest absolute Gasteiger partial charge is 0.396 e. The van der Waals surface area contributed by atoms with E-state index >= 15 is 0 Å². The number of carbonyl (C=O) groups is 1. The minimum absolute atomic E-state index is 0.0441. The zero-order valence-electron chi connectivity index (χ0n) is 9.68. The fourth-order valence-corrected chi connectivity index (χ4v) is 2.18. The molecule has 2 rings (SSSR count). The van der Waals surface area contributed by atoms with Gasteiger partial charge in [-0.2, -0.15) is 0 Å². The van der Waals surface area contributed by atoms with E-state index in [1.807, 2.05) is 0 Å². The Kier molecular flexibility index (Phi) is 3.68. The zero-order chi connectivity index (χ0) is 14.2. The third-order valence-electron chi connectivity index (χ3n) is 2.97. The maximum atomic E-state index is 13.3. The summed E-state index contributed by atoms with van der Waals surface area (Å²) in [6.07, 6.45) is 0.0999. The summed E-state index contributed by atoms with van der Waals surface area (Å²) < 4.78 is 13.3. The van der Waals surface area contributed by atoms with Crippen LogP contribution in [-0.2, 0) is 4.79 Å². The predicted molar refractivity (Wildman–Crippen MR) is 65.6 cm³/mol. The Bertz CT molecular complexity index is 552. The Labute approximate surface area is 112 Å². The summed E-state index contributed by atoms with van der Waals surface area (Å²) in [4.78, 5) is 23.1. The van der Waals surface area contributed by atoms with E-state index in [9.17, 15) is 19.3 Å². The number of anilines is 1. The van der Waals surface area contributed by atoms with Crippen molar-refractivity contribution in [3.05, 3.63) is 33.1 Å². The second kappa shape index (κ2) is 5.10. The monoisotopic (exact) mass is 288 g/mol. The van der Waals surface area contributed by atoms with Crippen molar-refractivity contribution in [3.63, 3.8) is 0 Å². The highest BCUT2D eigenvalue weighted by atomic mass is 35.5. The highest BCUT2D eigenvalue weighted by molar-refractivity contribution is 6.31. The SMILES string of the molecule is O=C1CC(CO)CN1c1cc(Cl)c(F)cc1[N+](=O)[O-]. The van der Waals surface area contributed by atoms with Gasteiger partial charge in [-0.15, -0.1) is 0 Å². The molecule has 1 amide bonds. The molecule has 1 aliphatic heterocycles. The van der Waals surface area contributed by atoms with Gasteiger partial charge in [0, 0.05) is 25.5 Å². The molecule has 6 nitrogen and oxygen atoms in total. The lowest BCUT2D eigenvalue weighted by Gasteiger charge is -2.16. The van der Waals surface area contributed by atoms with Crippen molar-refractivity contribution >= 4 is 28.9 Å². The number of rotatable bonds is 3. The van der Waals surface area contributed by atoms with Gasteiger partial charge in [0.25, 0.3) is 5.69 Å². The van der Waals surface area contributed by atoms with Gasteiger partial charge in [-0.1, -0.05) is 11.6 Å². The number of nitro benzene ring substituents is 1. The number of nitro groups is 1. The number of amides is 1. The van der Waals surface area contributed by atoms with Gasteiger partial charge < -0.3 is 10.0 Å². The van der Waals surface area contributed by atoms with E-state index in [1.165, 1.54) is 0 Å². The maximum absolute atomic E-state index is 13.3. The summed E-state index contributed by atoms with van der Waals surface area (Å²) in [5.74, 6) is -1.55. The van der Waals surface area contributed by atoms with E-state index in [2.05, 4.69) is 0 Å². The Morgan fingerprint density at radius 3 is 2.79 bits per heavy atom. The lowest BCUT2D eigenvalue weighted by Crippen LogP contribution is -2.25. The van der Waals surface area contributed by atoms with Gasteiger partial charge in [-0.3, -0.25) is 14.9 Å². The van der Waals surface area contributed by atoms with Crippen molar-refractivity contribution in [2.24, 2.45) is 5.92 Å². The molecule has 1 aromatic carbocycles. The number of aliphatic hydroxyl groups excluding tert-OH is 1. The number of halogens is 2. The van der Waals surface area contributed by atoms with Crippen LogP contribution in [0.1, 0.15) is 6.42 Å². The molecule has 0 saturated carbocycles. The fourth-order valence-electron chi connectivity index (χ4n) is 2.02. The summed E-state index contributed by atoms with van der Waals surface area (Å²) in [5.41, 5.74) is -0.564. The molecule has 1 unspecified atom stereocenters. The van der Waals surface area contributed by atoms with Gasteiger partial charge in [-0.05, 0) is 6.07 Å². The van der Waals surface area contributed by atoms with Gasteiger partial charge >= 0.3 is 0 Å². The van der Waals surface area contributed by atoms with Crippen molar-refractivity contribution in [3.8, 4) is 0 Å². The number of hydrogen-bond donors (Lipinski definition) is 1. The lowest BCUT2D eigenvalue weighted by molar-refractivity contribution is -0.384. The highest BCUT2D eigenvalue weighted by Gasteiger charge is 2.34. The highest BCUT2D eigenvalue weighted by Crippen LogP contribution is 2.36. The summed E-state index contributed by atoms with van der Waals surface area (Å²) in [6.45, 7) is -0.0386. The smallest absolute Gasteiger partial charge is 0.295 e. The minimum Gasteiger partial charge on any atom is -0.396 e. The van der Waals surface area contributed by atoms with Gasteiger partial charge in [0.1, 0.15) is 11.5 Å². The van der Waals surface area contributed by atoms with Crippen molar-refractivity contribution in [2.75, 3.05) is 18.1 Å². The lowest BCUT2D eigenvalue weighted by atomic mass is 10.1. The van der Waals surface area contributed by atoms with Crippen molar-refractivity contribution in [1.82, 2.24) is 0 Å². The third kappa shape index (κ3) is 2.52. The topological polar surface area (TPSA) is 83.7 Å². The molecule has 0 aliphatic carbocycles. The Balaban J connectivity index is 2.47. The van der Waals surface area contributed by atoms with Crippen molar-refractivity contribution < 1.29 is 19.2 Å². The van der Waals surface area contributed by atoms with Crippen LogP contribution in [0.4, 0.5) is 15.8 Å². The molecule has 0 spiro atoms. The molecule has 102 valence electrons. The van der Waals surface area contributed by atoms with E-state index in [1.54, 1.807) is 0 Å². The molecule has 0 aromatic heterocycles. The van der Waals surface area contributed by atoms with Crippen LogP contribution in [0.15, 0.2) is 12.1 Å². The Morgan fingerprint density at radius 2 is 2.26 bits per heavy atom. The second-order valence-corrected chi connectivity index (χ2v) is 4.68. The fraction of sp³-hybridized carbons (Fsp3) is 0.364. The summed E-state index contributed by atoms with van der Waals surface area (Å²) in [7, 11) is 0. The van der Waals surface area contributed by atoms with Crippen LogP contribution < -0.4 is 4.90 Å². The van der Waals surface area contributed by atoms with E-state index in [4.69, 9.17) is 16.7 Å². The molecule has 1 saturated heterocycles. The third-order valence-corrected chi connectivity index (χ3v) is 3.26. The first-order valence-corrected chi connectivity index (χ1v) is 5.86. The summed E-state index contributed by atoms with van der Waals surface area (Å²) in [6, 6.07) is 1.75. The van der Waals surface area contributed by atoms with E-state index in [-0.39, 0.29) is 42.1 Å².